The Kier molecular flexibility index (Phi) is 6.95. The Morgan fingerprint density at radius 1 is 1.06 bits per heavy atom. The zero-order valence-electron chi connectivity index (χ0n) is 18.2. The standard InChI is InChI=1S/C25H19Cl2N3O4/c1-15(25(32)33-2)34-22-19(26)12-16(13-20(22)27)14-28-30-23(17-8-4-3-5-9-17)29-21-11-7-6-10-18(21)24(30)31/h3-15H,1-2H3/t15-/m1/s1. The van der Waals surface area contributed by atoms with E-state index in [0.29, 0.717) is 22.3 Å². The molecule has 0 bridgehead atoms. The Morgan fingerprint density at radius 2 is 1.71 bits per heavy atom. The van der Waals surface area contributed by atoms with Crippen LogP contribution in [0.25, 0.3) is 22.3 Å². The molecule has 0 saturated carbocycles. The van der Waals surface area contributed by atoms with Crippen LogP contribution >= 0.6 is 23.2 Å². The number of hydrogen-bond donors (Lipinski definition) is 0. The third kappa shape index (κ3) is 4.81. The van der Waals surface area contributed by atoms with Crippen LogP contribution in [-0.2, 0) is 9.53 Å². The summed E-state index contributed by atoms with van der Waals surface area (Å²) in [7, 11) is 1.26. The van der Waals surface area contributed by atoms with E-state index in [1.165, 1.54) is 24.9 Å². The topological polar surface area (TPSA) is 82.8 Å². The summed E-state index contributed by atoms with van der Waals surface area (Å²) in [5.74, 6) is -0.0214. The Hall–Kier alpha value is -3.68. The summed E-state index contributed by atoms with van der Waals surface area (Å²) in [5, 5.41) is 5.20. The lowest BCUT2D eigenvalue weighted by molar-refractivity contribution is -0.147. The van der Waals surface area contributed by atoms with Crippen molar-refractivity contribution in [2.45, 2.75) is 13.0 Å². The number of halogens is 2. The van der Waals surface area contributed by atoms with E-state index in [4.69, 9.17) is 27.9 Å². The summed E-state index contributed by atoms with van der Waals surface area (Å²) in [6.45, 7) is 1.53. The largest absolute Gasteiger partial charge is 0.476 e. The minimum atomic E-state index is -0.893. The first-order valence-corrected chi connectivity index (χ1v) is 11.0. The normalized spacial score (nSPS) is 12.1. The molecule has 3 aromatic carbocycles. The van der Waals surface area contributed by atoms with Crippen LogP contribution in [0.15, 0.2) is 76.6 Å². The van der Waals surface area contributed by atoms with Gasteiger partial charge in [-0.05, 0) is 36.8 Å². The van der Waals surface area contributed by atoms with Crippen molar-refractivity contribution in [3.05, 3.63) is 92.7 Å². The summed E-state index contributed by atoms with van der Waals surface area (Å²) in [5.41, 5.74) is 1.51. The van der Waals surface area contributed by atoms with Crippen molar-refractivity contribution < 1.29 is 14.3 Å². The lowest BCUT2D eigenvalue weighted by Gasteiger charge is -2.15. The van der Waals surface area contributed by atoms with Crippen LogP contribution in [0.2, 0.25) is 10.0 Å². The molecule has 34 heavy (non-hydrogen) atoms. The molecular weight excluding hydrogens is 477 g/mol. The maximum atomic E-state index is 13.2. The fourth-order valence-corrected chi connectivity index (χ4v) is 3.88. The molecule has 4 rings (SSSR count). The van der Waals surface area contributed by atoms with Crippen molar-refractivity contribution in [3.8, 4) is 17.1 Å². The second-order valence-electron chi connectivity index (χ2n) is 7.28. The zero-order chi connectivity index (χ0) is 24.2. The molecule has 0 N–H and O–H groups in total. The molecule has 1 aromatic heterocycles. The average molecular weight is 496 g/mol. The van der Waals surface area contributed by atoms with Crippen LogP contribution < -0.4 is 10.3 Å². The first kappa shape index (κ1) is 23.5. The first-order chi connectivity index (χ1) is 16.4. The highest BCUT2D eigenvalue weighted by molar-refractivity contribution is 6.37. The van der Waals surface area contributed by atoms with Crippen LogP contribution in [0.3, 0.4) is 0 Å². The van der Waals surface area contributed by atoms with Crippen LogP contribution in [-0.4, -0.2) is 35.1 Å². The number of carbonyl (C=O) groups is 1. The average Bonchev–Trinajstić information content (AvgIpc) is 2.85. The van der Waals surface area contributed by atoms with E-state index < -0.39 is 12.1 Å². The number of rotatable bonds is 6. The lowest BCUT2D eigenvalue weighted by atomic mass is 10.2. The van der Waals surface area contributed by atoms with Crippen LogP contribution in [0.5, 0.6) is 5.75 Å². The van der Waals surface area contributed by atoms with Gasteiger partial charge in [0.15, 0.2) is 17.7 Å². The Bertz CT molecular complexity index is 1430. The molecule has 172 valence electrons. The smallest absolute Gasteiger partial charge is 0.346 e. The fourth-order valence-electron chi connectivity index (χ4n) is 3.29. The highest BCUT2D eigenvalue weighted by Gasteiger charge is 2.19. The number of carbonyl (C=O) groups excluding carboxylic acids is 1. The molecule has 4 aromatic rings. The molecule has 7 nitrogen and oxygen atoms in total. The third-order valence-corrected chi connectivity index (χ3v) is 5.52. The molecule has 0 radical (unpaired) electrons. The lowest BCUT2D eigenvalue weighted by Crippen LogP contribution is -2.25. The van der Waals surface area contributed by atoms with E-state index in [1.54, 1.807) is 30.3 Å². The van der Waals surface area contributed by atoms with Crippen LogP contribution in [0, 0.1) is 0 Å². The van der Waals surface area contributed by atoms with Gasteiger partial charge in [-0.1, -0.05) is 65.7 Å². The van der Waals surface area contributed by atoms with Gasteiger partial charge in [0.05, 0.1) is 34.3 Å². The zero-order valence-corrected chi connectivity index (χ0v) is 19.7. The van der Waals surface area contributed by atoms with E-state index in [1.807, 2.05) is 36.4 Å². The summed E-state index contributed by atoms with van der Waals surface area (Å²) in [4.78, 5) is 29.5. The number of para-hydroxylation sites is 1. The van der Waals surface area contributed by atoms with Gasteiger partial charge in [0.1, 0.15) is 0 Å². The molecule has 0 unspecified atom stereocenters. The van der Waals surface area contributed by atoms with Crippen molar-refractivity contribution >= 4 is 46.3 Å². The Labute approximate surface area is 205 Å². The molecule has 0 aliphatic heterocycles. The summed E-state index contributed by atoms with van der Waals surface area (Å²) >= 11 is 12.7. The number of fused-ring (bicyclic) bond motifs is 1. The Balaban J connectivity index is 1.76. The van der Waals surface area contributed by atoms with Crippen LogP contribution in [0.1, 0.15) is 12.5 Å². The molecule has 0 aliphatic rings. The van der Waals surface area contributed by atoms with Gasteiger partial charge in [0.25, 0.3) is 5.56 Å². The summed E-state index contributed by atoms with van der Waals surface area (Å²) in [6.07, 6.45) is 0.561. The van der Waals surface area contributed by atoms with Crippen molar-refractivity contribution in [1.82, 2.24) is 9.66 Å². The van der Waals surface area contributed by atoms with Crippen molar-refractivity contribution in [2.24, 2.45) is 5.10 Å². The van der Waals surface area contributed by atoms with E-state index in [0.717, 1.165) is 5.56 Å². The van der Waals surface area contributed by atoms with Gasteiger partial charge in [-0.25, -0.2) is 9.78 Å². The van der Waals surface area contributed by atoms with Crippen molar-refractivity contribution in [1.29, 1.82) is 0 Å². The second-order valence-corrected chi connectivity index (χ2v) is 8.09. The monoisotopic (exact) mass is 495 g/mol. The predicted octanol–water partition coefficient (Wildman–Crippen LogP) is 5.19. The van der Waals surface area contributed by atoms with E-state index in [2.05, 4.69) is 14.8 Å². The van der Waals surface area contributed by atoms with Gasteiger partial charge >= 0.3 is 5.97 Å². The molecule has 0 spiro atoms. The number of aromatic nitrogens is 2. The molecule has 1 heterocycles. The molecule has 1 atom stereocenters. The minimum absolute atomic E-state index is 0.146. The first-order valence-electron chi connectivity index (χ1n) is 10.2. The van der Waals surface area contributed by atoms with Gasteiger partial charge in [0.2, 0.25) is 0 Å². The third-order valence-electron chi connectivity index (χ3n) is 4.96. The van der Waals surface area contributed by atoms with Gasteiger partial charge < -0.3 is 9.47 Å². The van der Waals surface area contributed by atoms with E-state index in [-0.39, 0.29) is 21.4 Å². The highest BCUT2D eigenvalue weighted by Crippen LogP contribution is 2.34. The maximum absolute atomic E-state index is 13.2. The minimum Gasteiger partial charge on any atom is -0.476 e. The number of esters is 1. The number of nitrogens with zero attached hydrogens (tertiary/aromatic N) is 3. The highest BCUT2D eigenvalue weighted by atomic mass is 35.5. The molecular formula is C25H19Cl2N3O4. The molecule has 0 aliphatic carbocycles. The van der Waals surface area contributed by atoms with Gasteiger partial charge in [-0.3, -0.25) is 4.79 Å². The number of benzene rings is 3. The van der Waals surface area contributed by atoms with Crippen LogP contribution in [0.4, 0.5) is 0 Å². The predicted molar refractivity (Wildman–Crippen MR) is 133 cm³/mol. The Morgan fingerprint density at radius 3 is 2.38 bits per heavy atom. The number of ether oxygens (including phenoxy) is 2. The van der Waals surface area contributed by atoms with Crippen molar-refractivity contribution in [3.63, 3.8) is 0 Å². The molecule has 0 amide bonds. The van der Waals surface area contributed by atoms with Gasteiger partial charge in [-0.2, -0.15) is 9.78 Å². The molecule has 0 fully saturated rings. The van der Waals surface area contributed by atoms with Gasteiger partial charge in [0, 0.05) is 5.56 Å². The summed E-state index contributed by atoms with van der Waals surface area (Å²) in [6, 6.07) is 19.5. The van der Waals surface area contributed by atoms with E-state index in [9.17, 15) is 9.59 Å². The number of hydrogen-bond acceptors (Lipinski definition) is 6. The maximum Gasteiger partial charge on any atom is 0.346 e. The number of methoxy groups -OCH3 is 1. The molecule has 9 heteroatoms. The summed E-state index contributed by atoms with van der Waals surface area (Å²) < 4.78 is 11.4. The van der Waals surface area contributed by atoms with Gasteiger partial charge in [-0.15, -0.1) is 0 Å². The SMILES string of the molecule is COC(=O)[C@@H](C)Oc1c(Cl)cc(C=Nn2c(-c3ccccc3)nc3ccccc3c2=O)cc1Cl. The van der Waals surface area contributed by atoms with E-state index >= 15 is 0 Å². The fraction of sp³-hybridized carbons (Fsp3) is 0.120. The van der Waals surface area contributed by atoms with Crippen molar-refractivity contribution in [2.75, 3.05) is 7.11 Å². The quantitative estimate of drug-likeness (QED) is 0.271. The molecule has 0 saturated heterocycles. The second kappa shape index (κ2) is 10.1.